The predicted octanol–water partition coefficient (Wildman–Crippen LogP) is 1.18. The Morgan fingerprint density at radius 1 is 1.64 bits per heavy atom. The number of aryl methyl sites for hydroxylation is 1. The minimum Gasteiger partial charge on any atom is -0.383 e. The molecular formula is C9H15N5. The SMILES string of the molecule is CCCCn1nc(NC)c(C#N)c1N. The lowest BCUT2D eigenvalue weighted by Crippen LogP contribution is -2.05. The van der Waals surface area contributed by atoms with Crippen LogP contribution in [0.2, 0.25) is 0 Å². The van der Waals surface area contributed by atoms with Crippen molar-refractivity contribution in [2.75, 3.05) is 18.1 Å². The largest absolute Gasteiger partial charge is 0.383 e. The van der Waals surface area contributed by atoms with E-state index >= 15 is 0 Å². The second kappa shape index (κ2) is 4.51. The van der Waals surface area contributed by atoms with Gasteiger partial charge in [-0.1, -0.05) is 13.3 Å². The molecule has 5 nitrogen and oxygen atoms in total. The van der Waals surface area contributed by atoms with E-state index in [-0.39, 0.29) is 0 Å². The molecule has 0 aliphatic carbocycles. The van der Waals surface area contributed by atoms with Crippen molar-refractivity contribution >= 4 is 11.6 Å². The molecule has 0 saturated heterocycles. The van der Waals surface area contributed by atoms with E-state index in [1.807, 2.05) is 6.07 Å². The highest BCUT2D eigenvalue weighted by Gasteiger charge is 2.13. The van der Waals surface area contributed by atoms with Crippen molar-refractivity contribution in [3.05, 3.63) is 5.56 Å². The number of hydrogen-bond donors (Lipinski definition) is 2. The molecule has 0 saturated carbocycles. The lowest BCUT2D eigenvalue weighted by Gasteiger charge is -2.00. The van der Waals surface area contributed by atoms with E-state index in [4.69, 9.17) is 11.0 Å². The number of hydrogen-bond acceptors (Lipinski definition) is 4. The van der Waals surface area contributed by atoms with E-state index in [2.05, 4.69) is 17.3 Å². The van der Waals surface area contributed by atoms with Crippen molar-refractivity contribution in [1.29, 1.82) is 5.26 Å². The highest BCUT2D eigenvalue weighted by molar-refractivity contribution is 5.63. The third kappa shape index (κ3) is 1.79. The molecule has 0 amide bonds. The van der Waals surface area contributed by atoms with Gasteiger partial charge in [0.25, 0.3) is 0 Å². The topological polar surface area (TPSA) is 79.7 Å². The normalized spacial score (nSPS) is 9.79. The molecule has 76 valence electrons. The van der Waals surface area contributed by atoms with E-state index in [1.165, 1.54) is 0 Å². The Bertz CT molecular complexity index is 347. The van der Waals surface area contributed by atoms with Crippen LogP contribution in [0.4, 0.5) is 11.6 Å². The van der Waals surface area contributed by atoms with Gasteiger partial charge in [0, 0.05) is 13.6 Å². The molecule has 0 atom stereocenters. The number of nitrogen functional groups attached to an aromatic ring is 1. The van der Waals surface area contributed by atoms with Crippen molar-refractivity contribution in [3.63, 3.8) is 0 Å². The van der Waals surface area contributed by atoms with Gasteiger partial charge in [0.1, 0.15) is 17.5 Å². The summed E-state index contributed by atoms with van der Waals surface area (Å²) in [6, 6.07) is 2.04. The average molecular weight is 193 g/mol. The molecular weight excluding hydrogens is 178 g/mol. The molecule has 1 rings (SSSR count). The summed E-state index contributed by atoms with van der Waals surface area (Å²) in [5, 5.41) is 15.9. The summed E-state index contributed by atoms with van der Waals surface area (Å²) < 4.78 is 1.67. The molecule has 1 aromatic rings. The molecule has 0 aliphatic heterocycles. The molecule has 0 radical (unpaired) electrons. The summed E-state index contributed by atoms with van der Waals surface area (Å²) in [4.78, 5) is 0. The van der Waals surface area contributed by atoms with Crippen LogP contribution in [0, 0.1) is 11.3 Å². The van der Waals surface area contributed by atoms with Crippen LogP contribution in [0.5, 0.6) is 0 Å². The van der Waals surface area contributed by atoms with E-state index in [0.29, 0.717) is 17.2 Å². The first-order valence-electron chi connectivity index (χ1n) is 4.68. The molecule has 0 bridgehead atoms. The molecule has 5 heteroatoms. The molecule has 0 spiro atoms. The fraction of sp³-hybridized carbons (Fsp3) is 0.556. The standard InChI is InChI=1S/C9H15N5/c1-3-4-5-14-8(11)7(6-10)9(12-2)13-14/h3-5,11H2,1-2H3,(H,12,13). The molecule has 14 heavy (non-hydrogen) atoms. The molecule has 1 heterocycles. The molecule has 0 unspecified atom stereocenters. The highest BCUT2D eigenvalue weighted by Crippen LogP contribution is 2.20. The predicted molar refractivity (Wildman–Crippen MR) is 55.8 cm³/mol. The zero-order valence-corrected chi connectivity index (χ0v) is 8.54. The molecule has 0 aliphatic rings. The van der Waals surface area contributed by atoms with Crippen LogP contribution in [0.1, 0.15) is 25.3 Å². The number of nitrogens with one attached hydrogen (secondary N) is 1. The second-order valence-corrected chi connectivity index (χ2v) is 3.05. The number of rotatable bonds is 4. The summed E-state index contributed by atoms with van der Waals surface area (Å²) in [5.74, 6) is 1.01. The molecule has 0 aromatic carbocycles. The Labute approximate surface area is 83.5 Å². The van der Waals surface area contributed by atoms with Crippen molar-refractivity contribution < 1.29 is 0 Å². The van der Waals surface area contributed by atoms with Gasteiger partial charge in [-0.2, -0.15) is 10.4 Å². The zero-order chi connectivity index (χ0) is 10.6. The van der Waals surface area contributed by atoms with Gasteiger partial charge in [0.2, 0.25) is 0 Å². The first-order chi connectivity index (χ1) is 6.74. The Hall–Kier alpha value is -1.70. The van der Waals surface area contributed by atoms with E-state index < -0.39 is 0 Å². The van der Waals surface area contributed by atoms with Gasteiger partial charge >= 0.3 is 0 Å². The van der Waals surface area contributed by atoms with Crippen LogP contribution in [-0.2, 0) is 6.54 Å². The summed E-state index contributed by atoms with van der Waals surface area (Å²) in [6.45, 7) is 2.86. The van der Waals surface area contributed by atoms with Crippen LogP contribution < -0.4 is 11.1 Å². The Balaban J connectivity index is 2.97. The smallest absolute Gasteiger partial charge is 0.168 e. The fourth-order valence-electron chi connectivity index (χ4n) is 1.24. The van der Waals surface area contributed by atoms with Crippen LogP contribution in [0.3, 0.4) is 0 Å². The Kier molecular flexibility index (Phi) is 3.35. The average Bonchev–Trinajstić information content (AvgIpc) is 2.51. The van der Waals surface area contributed by atoms with Crippen molar-refractivity contribution in [2.24, 2.45) is 0 Å². The zero-order valence-electron chi connectivity index (χ0n) is 8.54. The van der Waals surface area contributed by atoms with E-state index in [0.717, 1.165) is 19.4 Å². The molecule has 1 aromatic heterocycles. The maximum Gasteiger partial charge on any atom is 0.168 e. The molecule has 0 fully saturated rings. The first-order valence-corrected chi connectivity index (χ1v) is 4.68. The Morgan fingerprint density at radius 2 is 2.36 bits per heavy atom. The van der Waals surface area contributed by atoms with Crippen molar-refractivity contribution in [2.45, 2.75) is 26.3 Å². The fourth-order valence-corrected chi connectivity index (χ4v) is 1.24. The van der Waals surface area contributed by atoms with Crippen LogP contribution in [0.25, 0.3) is 0 Å². The lowest BCUT2D eigenvalue weighted by molar-refractivity contribution is 0.580. The van der Waals surface area contributed by atoms with Crippen molar-refractivity contribution in [1.82, 2.24) is 9.78 Å². The third-order valence-electron chi connectivity index (χ3n) is 2.06. The summed E-state index contributed by atoms with van der Waals surface area (Å²) in [7, 11) is 1.73. The monoisotopic (exact) mass is 193 g/mol. The van der Waals surface area contributed by atoms with Gasteiger partial charge < -0.3 is 11.1 Å². The van der Waals surface area contributed by atoms with Crippen LogP contribution >= 0.6 is 0 Å². The minimum absolute atomic E-state index is 0.434. The number of nitrogens with zero attached hydrogens (tertiary/aromatic N) is 3. The summed E-state index contributed by atoms with van der Waals surface area (Å²) >= 11 is 0. The summed E-state index contributed by atoms with van der Waals surface area (Å²) in [5.41, 5.74) is 6.20. The van der Waals surface area contributed by atoms with Gasteiger partial charge in [0.15, 0.2) is 5.82 Å². The van der Waals surface area contributed by atoms with Gasteiger partial charge in [-0.3, -0.25) is 0 Å². The lowest BCUT2D eigenvalue weighted by atomic mass is 10.3. The highest BCUT2D eigenvalue weighted by atomic mass is 15.3. The molecule has 3 N–H and O–H groups in total. The van der Waals surface area contributed by atoms with Gasteiger partial charge in [-0.15, -0.1) is 0 Å². The quantitative estimate of drug-likeness (QED) is 0.752. The number of nitrogens with two attached hydrogens (primary N) is 1. The number of nitriles is 1. The van der Waals surface area contributed by atoms with E-state index in [1.54, 1.807) is 11.7 Å². The second-order valence-electron chi connectivity index (χ2n) is 3.05. The number of unbranched alkanes of at least 4 members (excludes halogenated alkanes) is 1. The third-order valence-corrected chi connectivity index (χ3v) is 2.06. The number of anilines is 2. The maximum absolute atomic E-state index is 8.85. The van der Waals surface area contributed by atoms with Crippen LogP contribution in [-0.4, -0.2) is 16.8 Å². The minimum atomic E-state index is 0.434. The van der Waals surface area contributed by atoms with Crippen LogP contribution in [0.15, 0.2) is 0 Å². The van der Waals surface area contributed by atoms with Crippen molar-refractivity contribution in [3.8, 4) is 6.07 Å². The number of aromatic nitrogens is 2. The Morgan fingerprint density at radius 3 is 2.79 bits per heavy atom. The maximum atomic E-state index is 8.85. The van der Waals surface area contributed by atoms with Gasteiger partial charge in [0.05, 0.1) is 0 Å². The van der Waals surface area contributed by atoms with Gasteiger partial charge in [-0.05, 0) is 6.42 Å². The summed E-state index contributed by atoms with van der Waals surface area (Å²) in [6.07, 6.45) is 2.09. The van der Waals surface area contributed by atoms with Gasteiger partial charge in [-0.25, -0.2) is 4.68 Å². The van der Waals surface area contributed by atoms with E-state index in [9.17, 15) is 0 Å². The first kappa shape index (κ1) is 10.4.